The number of benzene rings is 2. The molecule has 0 atom stereocenters. The van der Waals surface area contributed by atoms with Crippen LogP contribution in [0.2, 0.25) is 0 Å². The maximum Gasteiger partial charge on any atom is 0.274 e. The van der Waals surface area contributed by atoms with E-state index in [-0.39, 0.29) is 5.91 Å². The Morgan fingerprint density at radius 3 is 2.23 bits per heavy atom. The van der Waals surface area contributed by atoms with Gasteiger partial charge in [0.1, 0.15) is 0 Å². The summed E-state index contributed by atoms with van der Waals surface area (Å²) in [4.78, 5) is 23.6. The number of carbonyl (C=O) groups excluding carboxylic acids is 2. The fourth-order valence-corrected chi connectivity index (χ4v) is 2.25. The predicted octanol–water partition coefficient (Wildman–Crippen LogP) is 2.86. The van der Waals surface area contributed by atoms with Gasteiger partial charge in [0, 0.05) is 22.9 Å². The molecule has 0 unspecified atom stereocenters. The van der Waals surface area contributed by atoms with Crippen LogP contribution in [0, 0.1) is 0 Å². The number of nitrogens with one attached hydrogen (secondary N) is 2. The van der Waals surface area contributed by atoms with Crippen LogP contribution in [0.25, 0.3) is 6.08 Å². The highest BCUT2D eigenvalue weighted by molar-refractivity contribution is 6.06. The average Bonchev–Trinajstić information content (AvgIpc) is 2.67. The van der Waals surface area contributed by atoms with Crippen LogP contribution in [-0.2, 0) is 4.79 Å². The van der Waals surface area contributed by atoms with Crippen LogP contribution in [0.15, 0.2) is 48.0 Å². The molecule has 2 aromatic carbocycles. The number of methoxy groups -OCH3 is 2. The van der Waals surface area contributed by atoms with Crippen molar-refractivity contribution in [3.8, 4) is 11.5 Å². The molecule has 7 heteroatoms. The highest BCUT2D eigenvalue weighted by Gasteiger charge is 2.09. The van der Waals surface area contributed by atoms with E-state index >= 15 is 0 Å². The van der Waals surface area contributed by atoms with Gasteiger partial charge in [0.25, 0.3) is 11.8 Å². The van der Waals surface area contributed by atoms with Crippen LogP contribution in [0.1, 0.15) is 22.8 Å². The summed E-state index contributed by atoms with van der Waals surface area (Å²) in [6.07, 6.45) is 1.69. The lowest BCUT2D eigenvalue weighted by molar-refractivity contribution is -0.112. The Bertz CT molecular complexity index is 828. The minimum atomic E-state index is -0.594. The maximum absolute atomic E-state index is 12.3. The van der Waals surface area contributed by atoms with Gasteiger partial charge in [-0.25, -0.2) is 5.48 Å². The van der Waals surface area contributed by atoms with Gasteiger partial charge in [-0.15, -0.1) is 0 Å². The van der Waals surface area contributed by atoms with Crippen LogP contribution in [0.5, 0.6) is 11.5 Å². The second-order valence-corrected chi connectivity index (χ2v) is 5.41. The van der Waals surface area contributed by atoms with E-state index in [0.29, 0.717) is 28.3 Å². The Kier molecular flexibility index (Phi) is 6.35. The average molecular weight is 356 g/mol. The molecule has 0 saturated heterocycles. The van der Waals surface area contributed by atoms with Crippen molar-refractivity contribution in [1.82, 2.24) is 5.48 Å². The second kappa shape index (κ2) is 8.68. The van der Waals surface area contributed by atoms with Gasteiger partial charge in [0.15, 0.2) is 11.5 Å². The first-order valence-corrected chi connectivity index (χ1v) is 7.74. The lowest BCUT2D eigenvalue weighted by Crippen LogP contribution is -2.18. The molecule has 0 bridgehead atoms. The topological polar surface area (TPSA) is 96.9 Å². The van der Waals surface area contributed by atoms with Gasteiger partial charge in [-0.3, -0.25) is 14.8 Å². The van der Waals surface area contributed by atoms with E-state index < -0.39 is 5.91 Å². The predicted molar refractivity (Wildman–Crippen MR) is 97.5 cm³/mol. The first kappa shape index (κ1) is 19.0. The highest BCUT2D eigenvalue weighted by Crippen LogP contribution is 2.29. The molecule has 0 aliphatic carbocycles. The Morgan fingerprint density at radius 1 is 1.00 bits per heavy atom. The van der Waals surface area contributed by atoms with Crippen molar-refractivity contribution < 1.29 is 24.3 Å². The molecule has 0 radical (unpaired) electrons. The van der Waals surface area contributed by atoms with E-state index in [1.54, 1.807) is 68.1 Å². The molecule has 26 heavy (non-hydrogen) atoms. The Labute approximate surface area is 151 Å². The fourth-order valence-electron chi connectivity index (χ4n) is 2.25. The molecule has 2 rings (SSSR count). The summed E-state index contributed by atoms with van der Waals surface area (Å²) in [5, 5.41) is 11.4. The van der Waals surface area contributed by atoms with Crippen molar-refractivity contribution in [2.75, 3.05) is 19.5 Å². The van der Waals surface area contributed by atoms with Crippen LogP contribution < -0.4 is 20.3 Å². The number of hydrogen-bond acceptors (Lipinski definition) is 5. The standard InChI is InChI=1S/C19H20N2O5/c1-12(10-13-4-6-14(7-5-13)19(23)21-24)18(22)20-15-8-9-16(25-2)17(11-15)26-3/h4-11,24H,1-3H3,(H,20,22)(H,21,23). The van der Waals surface area contributed by atoms with Gasteiger partial charge in [-0.05, 0) is 42.8 Å². The SMILES string of the molecule is COc1ccc(NC(=O)C(C)=Cc2ccc(C(=O)NO)cc2)cc1OC. The van der Waals surface area contributed by atoms with Crippen molar-refractivity contribution in [2.24, 2.45) is 0 Å². The molecule has 0 fully saturated rings. The number of carbonyl (C=O) groups is 2. The lowest BCUT2D eigenvalue weighted by Gasteiger charge is -2.11. The third-order valence-corrected chi connectivity index (χ3v) is 3.66. The number of ether oxygens (including phenoxy) is 2. The molecule has 7 nitrogen and oxygen atoms in total. The van der Waals surface area contributed by atoms with Crippen LogP contribution in [0.3, 0.4) is 0 Å². The summed E-state index contributed by atoms with van der Waals surface area (Å²) in [6.45, 7) is 1.68. The number of rotatable bonds is 6. The van der Waals surface area contributed by atoms with Crippen molar-refractivity contribution >= 4 is 23.6 Å². The molecule has 0 aliphatic heterocycles. The Hall–Kier alpha value is -3.32. The molecule has 3 N–H and O–H groups in total. The summed E-state index contributed by atoms with van der Waals surface area (Å²) in [5.41, 5.74) is 3.70. The normalized spacial score (nSPS) is 10.8. The first-order valence-electron chi connectivity index (χ1n) is 7.74. The number of hydrogen-bond donors (Lipinski definition) is 3. The zero-order valence-corrected chi connectivity index (χ0v) is 14.7. The molecule has 0 saturated carbocycles. The molecule has 0 aromatic heterocycles. The molecule has 2 amide bonds. The Balaban J connectivity index is 2.11. The minimum Gasteiger partial charge on any atom is -0.493 e. The van der Waals surface area contributed by atoms with Crippen LogP contribution in [0.4, 0.5) is 5.69 Å². The monoisotopic (exact) mass is 356 g/mol. The second-order valence-electron chi connectivity index (χ2n) is 5.41. The molecule has 0 aliphatic rings. The van der Waals surface area contributed by atoms with Crippen LogP contribution in [-0.4, -0.2) is 31.2 Å². The smallest absolute Gasteiger partial charge is 0.274 e. The van der Waals surface area contributed by atoms with E-state index in [1.807, 2.05) is 0 Å². The van der Waals surface area contributed by atoms with E-state index in [1.165, 1.54) is 7.11 Å². The maximum atomic E-state index is 12.3. The first-order chi connectivity index (χ1) is 12.5. The Morgan fingerprint density at radius 2 is 1.65 bits per heavy atom. The third-order valence-electron chi connectivity index (χ3n) is 3.66. The van der Waals surface area contributed by atoms with Crippen molar-refractivity contribution in [1.29, 1.82) is 0 Å². The third kappa shape index (κ3) is 4.61. The summed E-state index contributed by atoms with van der Waals surface area (Å²) >= 11 is 0. The number of hydroxylamine groups is 1. The molecular formula is C19H20N2O5. The van der Waals surface area contributed by atoms with Crippen molar-refractivity contribution in [2.45, 2.75) is 6.92 Å². The zero-order chi connectivity index (χ0) is 19.1. The van der Waals surface area contributed by atoms with E-state index in [0.717, 1.165) is 5.56 Å². The quantitative estimate of drug-likeness (QED) is 0.420. The van der Waals surface area contributed by atoms with Gasteiger partial charge in [-0.2, -0.15) is 0 Å². The van der Waals surface area contributed by atoms with E-state index in [4.69, 9.17) is 14.7 Å². The van der Waals surface area contributed by atoms with Gasteiger partial charge >= 0.3 is 0 Å². The molecule has 0 spiro atoms. The molecular weight excluding hydrogens is 336 g/mol. The zero-order valence-electron chi connectivity index (χ0n) is 14.7. The lowest BCUT2D eigenvalue weighted by atomic mass is 10.1. The van der Waals surface area contributed by atoms with Gasteiger partial charge in [-0.1, -0.05) is 12.1 Å². The largest absolute Gasteiger partial charge is 0.493 e. The van der Waals surface area contributed by atoms with E-state index in [9.17, 15) is 9.59 Å². The molecule has 0 heterocycles. The fraction of sp³-hybridized carbons (Fsp3) is 0.158. The summed E-state index contributed by atoms with van der Waals surface area (Å²) in [7, 11) is 3.06. The van der Waals surface area contributed by atoms with Gasteiger partial charge in [0.05, 0.1) is 14.2 Å². The molecule has 136 valence electrons. The van der Waals surface area contributed by atoms with Gasteiger partial charge in [0.2, 0.25) is 0 Å². The molecule has 2 aromatic rings. The summed E-state index contributed by atoms with van der Waals surface area (Å²) in [5.74, 6) is 0.229. The number of anilines is 1. The summed E-state index contributed by atoms with van der Waals surface area (Å²) in [6, 6.07) is 11.6. The minimum absolute atomic E-state index is 0.269. The van der Waals surface area contributed by atoms with E-state index in [2.05, 4.69) is 5.32 Å². The van der Waals surface area contributed by atoms with Crippen molar-refractivity contribution in [3.05, 3.63) is 59.2 Å². The highest BCUT2D eigenvalue weighted by atomic mass is 16.5. The van der Waals surface area contributed by atoms with Crippen LogP contribution >= 0.6 is 0 Å². The summed E-state index contributed by atoms with van der Waals surface area (Å²) < 4.78 is 10.4. The number of amides is 2. The van der Waals surface area contributed by atoms with Gasteiger partial charge < -0.3 is 14.8 Å². The van der Waals surface area contributed by atoms with Crippen molar-refractivity contribution in [3.63, 3.8) is 0 Å².